The molecule has 0 radical (unpaired) electrons. The number of nitrogens with zero attached hydrogens (tertiary/aromatic N) is 2. The lowest BCUT2D eigenvalue weighted by atomic mass is 9.97. The van der Waals surface area contributed by atoms with Crippen molar-refractivity contribution in [3.63, 3.8) is 0 Å². The third-order valence-electron chi connectivity index (χ3n) is 5.76. The van der Waals surface area contributed by atoms with E-state index in [1.54, 1.807) is 0 Å². The van der Waals surface area contributed by atoms with Crippen LogP contribution in [0.15, 0.2) is 30.5 Å². The van der Waals surface area contributed by atoms with E-state index in [4.69, 9.17) is 0 Å². The fraction of sp³-hybridized carbons (Fsp3) is 0.500. The van der Waals surface area contributed by atoms with Gasteiger partial charge >= 0.3 is 0 Å². The van der Waals surface area contributed by atoms with Gasteiger partial charge in [0.2, 0.25) is 0 Å². The minimum Gasteiger partial charge on any atom is -0.322 e. The Morgan fingerprint density at radius 3 is 2.73 bits per heavy atom. The molecule has 2 fully saturated rings. The number of carbonyl (C=O) groups excluding carboxylic acids is 1. The van der Waals surface area contributed by atoms with Crippen molar-refractivity contribution in [2.75, 3.05) is 5.32 Å². The van der Waals surface area contributed by atoms with Crippen LogP contribution in [0.5, 0.6) is 0 Å². The SMILES string of the molecule is Cn1cc(C(=O)Nc2ccccc2C2CC2C2CCCC2)c(C(F)F)n1. The van der Waals surface area contributed by atoms with E-state index in [1.165, 1.54) is 43.6 Å². The molecule has 2 aliphatic rings. The Bertz CT molecular complexity index is 811. The number of aryl methyl sites for hydroxylation is 1. The fourth-order valence-corrected chi connectivity index (χ4v) is 4.44. The van der Waals surface area contributed by atoms with E-state index in [0.29, 0.717) is 11.8 Å². The lowest BCUT2D eigenvalue weighted by molar-refractivity contribution is 0.101. The summed E-state index contributed by atoms with van der Waals surface area (Å²) in [4.78, 5) is 12.6. The second kappa shape index (κ2) is 6.82. The molecular formula is C20H23F2N3O. The molecule has 0 bridgehead atoms. The molecule has 2 atom stereocenters. The van der Waals surface area contributed by atoms with Crippen molar-refractivity contribution in [3.8, 4) is 0 Å². The quantitative estimate of drug-likeness (QED) is 0.825. The highest BCUT2D eigenvalue weighted by Crippen LogP contribution is 2.57. The smallest absolute Gasteiger partial charge is 0.282 e. The van der Waals surface area contributed by atoms with Gasteiger partial charge in [-0.2, -0.15) is 5.10 Å². The van der Waals surface area contributed by atoms with Crippen molar-refractivity contribution in [1.29, 1.82) is 0 Å². The molecular weight excluding hydrogens is 336 g/mol. The maximum atomic E-state index is 13.1. The first-order valence-corrected chi connectivity index (χ1v) is 9.26. The normalized spacial score (nSPS) is 22.8. The van der Waals surface area contributed by atoms with Crippen LogP contribution in [0.3, 0.4) is 0 Å². The summed E-state index contributed by atoms with van der Waals surface area (Å²) in [5.74, 6) is 1.44. The number of alkyl halides is 2. The van der Waals surface area contributed by atoms with Crippen molar-refractivity contribution in [2.24, 2.45) is 18.9 Å². The first-order valence-electron chi connectivity index (χ1n) is 9.26. The van der Waals surface area contributed by atoms with Crippen LogP contribution in [-0.4, -0.2) is 15.7 Å². The first kappa shape index (κ1) is 17.2. The Kier molecular flexibility index (Phi) is 4.51. The zero-order chi connectivity index (χ0) is 18.3. The lowest BCUT2D eigenvalue weighted by Gasteiger charge is -2.13. The molecule has 4 nitrogen and oxygen atoms in total. The van der Waals surface area contributed by atoms with Gasteiger partial charge in [0.15, 0.2) is 0 Å². The summed E-state index contributed by atoms with van der Waals surface area (Å²) in [6.07, 6.45) is 4.99. The van der Waals surface area contributed by atoms with Crippen LogP contribution in [0.1, 0.15) is 66.1 Å². The van der Waals surface area contributed by atoms with Crippen LogP contribution in [-0.2, 0) is 7.05 Å². The summed E-state index contributed by atoms with van der Waals surface area (Å²) in [7, 11) is 1.53. The summed E-state index contributed by atoms with van der Waals surface area (Å²) in [5, 5.41) is 6.56. The molecule has 2 unspecified atom stereocenters. The number of para-hydroxylation sites is 1. The molecule has 1 amide bonds. The van der Waals surface area contributed by atoms with Gasteiger partial charge in [0.05, 0.1) is 5.56 Å². The first-order chi connectivity index (χ1) is 12.5. The van der Waals surface area contributed by atoms with Crippen LogP contribution in [0.4, 0.5) is 14.5 Å². The number of amides is 1. The van der Waals surface area contributed by atoms with Gasteiger partial charge in [0.25, 0.3) is 12.3 Å². The van der Waals surface area contributed by atoms with E-state index >= 15 is 0 Å². The van der Waals surface area contributed by atoms with Crippen molar-refractivity contribution in [2.45, 2.75) is 44.4 Å². The summed E-state index contributed by atoms with van der Waals surface area (Å²) < 4.78 is 27.5. The van der Waals surface area contributed by atoms with Crippen LogP contribution < -0.4 is 5.32 Å². The van der Waals surface area contributed by atoms with Gasteiger partial charge in [-0.05, 0) is 35.8 Å². The van der Waals surface area contributed by atoms with Gasteiger partial charge in [-0.15, -0.1) is 0 Å². The predicted molar refractivity (Wildman–Crippen MR) is 95.4 cm³/mol. The molecule has 0 spiro atoms. The van der Waals surface area contributed by atoms with E-state index in [1.807, 2.05) is 24.3 Å². The molecule has 2 saturated carbocycles. The molecule has 2 aliphatic carbocycles. The molecule has 1 aromatic carbocycles. The average Bonchev–Trinajstić information content (AvgIpc) is 3.04. The molecule has 1 aromatic heterocycles. The number of anilines is 1. The molecule has 0 saturated heterocycles. The molecule has 2 aromatic rings. The summed E-state index contributed by atoms with van der Waals surface area (Å²) in [5.41, 5.74) is 1.31. The van der Waals surface area contributed by atoms with Crippen LogP contribution >= 0.6 is 0 Å². The number of hydrogen-bond donors (Lipinski definition) is 1. The molecule has 26 heavy (non-hydrogen) atoms. The van der Waals surface area contributed by atoms with Gasteiger partial charge in [0.1, 0.15) is 5.69 Å². The molecule has 0 aliphatic heterocycles. The average molecular weight is 359 g/mol. The van der Waals surface area contributed by atoms with Gasteiger partial charge in [-0.25, -0.2) is 8.78 Å². The minimum absolute atomic E-state index is 0.0690. The van der Waals surface area contributed by atoms with E-state index in [0.717, 1.165) is 23.6 Å². The van der Waals surface area contributed by atoms with E-state index in [2.05, 4.69) is 10.4 Å². The van der Waals surface area contributed by atoms with Crippen LogP contribution in [0.2, 0.25) is 0 Å². The second-order valence-corrected chi connectivity index (χ2v) is 7.49. The topological polar surface area (TPSA) is 46.9 Å². The number of benzene rings is 1. The Labute approximate surface area is 151 Å². The maximum absolute atomic E-state index is 13.1. The summed E-state index contributed by atoms with van der Waals surface area (Å²) >= 11 is 0. The third kappa shape index (κ3) is 3.24. The van der Waals surface area contributed by atoms with Crippen LogP contribution in [0.25, 0.3) is 0 Å². The highest BCUT2D eigenvalue weighted by molar-refractivity contribution is 6.05. The zero-order valence-corrected chi connectivity index (χ0v) is 14.8. The second-order valence-electron chi connectivity index (χ2n) is 7.49. The number of aromatic nitrogens is 2. The molecule has 138 valence electrons. The van der Waals surface area contributed by atoms with Gasteiger partial charge < -0.3 is 5.32 Å². The number of nitrogens with one attached hydrogen (secondary N) is 1. The highest BCUT2D eigenvalue weighted by Gasteiger charge is 2.45. The zero-order valence-electron chi connectivity index (χ0n) is 14.8. The number of rotatable bonds is 5. The largest absolute Gasteiger partial charge is 0.322 e. The molecule has 4 rings (SSSR count). The van der Waals surface area contributed by atoms with E-state index in [-0.39, 0.29) is 5.56 Å². The number of halogens is 2. The van der Waals surface area contributed by atoms with Crippen molar-refractivity contribution in [3.05, 3.63) is 47.3 Å². The van der Waals surface area contributed by atoms with E-state index in [9.17, 15) is 13.6 Å². The monoisotopic (exact) mass is 359 g/mol. The van der Waals surface area contributed by atoms with Gasteiger partial charge in [-0.3, -0.25) is 9.48 Å². The van der Waals surface area contributed by atoms with Crippen molar-refractivity contribution in [1.82, 2.24) is 9.78 Å². The fourth-order valence-electron chi connectivity index (χ4n) is 4.44. The molecule has 6 heteroatoms. The highest BCUT2D eigenvalue weighted by atomic mass is 19.3. The van der Waals surface area contributed by atoms with E-state index < -0.39 is 18.0 Å². The standard InChI is InChI=1S/C20H23F2N3O/c1-25-11-16(18(24-25)19(21)22)20(26)23-17-9-5-4-8-13(17)15-10-14(15)12-6-2-3-7-12/h4-5,8-9,11-12,14-15,19H,2-3,6-7,10H2,1H3,(H,23,26). The van der Waals surface area contributed by atoms with Gasteiger partial charge in [-0.1, -0.05) is 43.9 Å². The Morgan fingerprint density at radius 2 is 2.00 bits per heavy atom. The number of carbonyl (C=O) groups is 1. The third-order valence-corrected chi connectivity index (χ3v) is 5.76. The molecule has 1 heterocycles. The summed E-state index contributed by atoms with van der Waals surface area (Å²) in [6.45, 7) is 0. The van der Waals surface area contributed by atoms with Crippen LogP contribution in [0, 0.1) is 11.8 Å². The summed E-state index contributed by atoms with van der Waals surface area (Å²) in [6, 6.07) is 7.75. The maximum Gasteiger partial charge on any atom is 0.282 e. The number of hydrogen-bond acceptors (Lipinski definition) is 2. The minimum atomic E-state index is -2.78. The van der Waals surface area contributed by atoms with Gasteiger partial charge in [0, 0.05) is 18.9 Å². The molecule has 1 N–H and O–H groups in total. The lowest BCUT2D eigenvalue weighted by Crippen LogP contribution is -2.15. The Hall–Kier alpha value is -2.24. The van der Waals surface area contributed by atoms with Crippen molar-refractivity contribution < 1.29 is 13.6 Å². The van der Waals surface area contributed by atoms with Crippen molar-refractivity contribution >= 4 is 11.6 Å². The Balaban J connectivity index is 1.53. The predicted octanol–water partition coefficient (Wildman–Crippen LogP) is 4.90. The Morgan fingerprint density at radius 1 is 1.27 bits per heavy atom.